The van der Waals surface area contributed by atoms with Crippen molar-refractivity contribution in [3.05, 3.63) is 53.6 Å². The van der Waals surface area contributed by atoms with Crippen LogP contribution in [0.2, 0.25) is 0 Å². The van der Waals surface area contributed by atoms with E-state index in [4.69, 9.17) is 14.2 Å². The highest BCUT2D eigenvalue weighted by atomic mass is 16.5. The molecule has 0 spiro atoms. The van der Waals surface area contributed by atoms with E-state index in [1.165, 1.54) is 11.9 Å². The Morgan fingerprint density at radius 2 is 1.85 bits per heavy atom. The average molecular weight is 557 g/mol. The molecule has 3 rings (SSSR count). The maximum absolute atomic E-state index is 13.1. The first-order valence-corrected chi connectivity index (χ1v) is 12.9. The normalized spacial score (nSPS) is 18.4. The molecule has 0 unspecified atom stereocenters. The molecule has 4 amide bonds. The lowest BCUT2D eigenvalue weighted by Gasteiger charge is -2.25. The van der Waals surface area contributed by atoms with E-state index in [-0.39, 0.29) is 31.0 Å². The van der Waals surface area contributed by atoms with Gasteiger partial charge in [-0.1, -0.05) is 18.2 Å². The molecule has 0 saturated carbocycles. The number of hydrogen-bond donors (Lipinski definition) is 4. The van der Waals surface area contributed by atoms with Crippen molar-refractivity contribution in [3.63, 3.8) is 0 Å². The Morgan fingerprint density at radius 1 is 1.10 bits per heavy atom. The minimum absolute atomic E-state index is 0.0720. The van der Waals surface area contributed by atoms with Crippen molar-refractivity contribution in [2.75, 3.05) is 47.6 Å². The lowest BCUT2D eigenvalue weighted by molar-refractivity contribution is -0.137. The van der Waals surface area contributed by atoms with Gasteiger partial charge in [0.1, 0.15) is 24.4 Å². The van der Waals surface area contributed by atoms with E-state index in [0.717, 1.165) is 5.56 Å². The van der Waals surface area contributed by atoms with E-state index in [1.807, 2.05) is 12.1 Å². The Balaban J connectivity index is 1.72. The van der Waals surface area contributed by atoms with Gasteiger partial charge in [-0.05, 0) is 42.7 Å². The summed E-state index contributed by atoms with van der Waals surface area (Å²) in [6.45, 7) is -0.112. The monoisotopic (exact) mass is 556 g/mol. The third-order valence-corrected chi connectivity index (χ3v) is 6.41. The van der Waals surface area contributed by atoms with Gasteiger partial charge in [0.15, 0.2) is 11.5 Å². The maximum atomic E-state index is 13.1. The molecule has 2 atom stereocenters. The molecule has 0 saturated heterocycles. The van der Waals surface area contributed by atoms with Crippen LogP contribution in [0, 0.1) is 0 Å². The summed E-state index contributed by atoms with van der Waals surface area (Å²) in [5, 5.41) is 17.5. The summed E-state index contributed by atoms with van der Waals surface area (Å²) in [5.41, 5.74) is 1.17. The highest BCUT2D eigenvalue weighted by Gasteiger charge is 2.29. The fourth-order valence-corrected chi connectivity index (χ4v) is 4.18. The van der Waals surface area contributed by atoms with Crippen molar-refractivity contribution in [1.29, 1.82) is 0 Å². The summed E-state index contributed by atoms with van der Waals surface area (Å²) >= 11 is 0. The summed E-state index contributed by atoms with van der Waals surface area (Å²) in [4.78, 5) is 53.1. The van der Waals surface area contributed by atoms with Crippen molar-refractivity contribution < 1.29 is 38.5 Å². The summed E-state index contributed by atoms with van der Waals surface area (Å²) in [5.74, 6) is -0.841. The molecule has 2 aromatic rings. The Kier molecular flexibility index (Phi) is 11.1. The van der Waals surface area contributed by atoms with Crippen LogP contribution in [0.25, 0.3) is 0 Å². The number of likely N-dealkylation sites (N-methyl/N-ethyl adjacent to an activating group) is 1. The zero-order valence-corrected chi connectivity index (χ0v) is 22.9. The number of amides is 4. The number of nitrogens with one attached hydrogen (secondary N) is 3. The SMILES string of the molecule is COc1ccc(CCCNC(=O)[C@@H]2CC(=O)N[C@@H](CO)C(=O)N(C)CCOc3ccccc3C(=O)N2)cc1OC. The van der Waals surface area contributed by atoms with Crippen LogP contribution < -0.4 is 30.2 Å². The minimum Gasteiger partial charge on any atom is -0.493 e. The van der Waals surface area contributed by atoms with E-state index >= 15 is 0 Å². The Hall–Kier alpha value is -4.32. The second-order valence-electron chi connectivity index (χ2n) is 9.22. The van der Waals surface area contributed by atoms with E-state index in [0.29, 0.717) is 24.3 Å². The molecule has 1 heterocycles. The van der Waals surface area contributed by atoms with Gasteiger partial charge in [-0.2, -0.15) is 0 Å². The van der Waals surface area contributed by atoms with E-state index in [1.54, 1.807) is 44.6 Å². The number of methoxy groups -OCH3 is 2. The van der Waals surface area contributed by atoms with Crippen LogP contribution in [0.4, 0.5) is 0 Å². The van der Waals surface area contributed by atoms with Gasteiger partial charge in [-0.3, -0.25) is 19.2 Å². The fraction of sp³-hybridized carbons (Fsp3) is 0.429. The van der Waals surface area contributed by atoms with Crippen molar-refractivity contribution in [3.8, 4) is 17.2 Å². The molecule has 40 heavy (non-hydrogen) atoms. The number of rotatable bonds is 8. The van der Waals surface area contributed by atoms with Crippen molar-refractivity contribution >= 4 is 23.6 Å². The van der Waals surface area contributed by atoms with Gasteiger partial charge in [-0.25, -0.2) is 0 Å². The van der Waals surface area contributed by atoms with Crippen LogP contribution in [0.3, 0.4) is 0 Å². The largest absolute Gasteiger partial charge is 0.493 e. The van der Waals surface area contributed by atoms with Gasteiger partial charge in [0.25, 0.3) is 5.91 Å². The molecule has 12 nitrogen and oxygen atoms in total. The number of para-hydroxylation sites is 1. The number of carbonyl (C=O) groups excluding carboxylic acids is 4. The third kappa shape index (κ3) is 8.09. The van der Waals surface area contributed by atoms with Crippen molar-refractivity contribution in [2.24, 2.45) is 0 Å². The van der Waals surface area contributed by atoms with Crippen LogP contribution in [0.1, 0.15) is 28.8 Å². The summed E-state index contributed by atoms with van der Waals surface area (Å²) < 4.78 is 16.3. The maximum Gasteiger partial charge on any atom is 0.255 e. The number of nitrogens with zero attached hydrogens (tertiary/aromatic N) is 1. The first kappa shape index (κ1) is 30.2. The number of hydrogen-bond acceptors (Lipinski definition) is 8. The van der Waals surface area contributed by atoms with Crippen molar-refractivity contribution in [1.82, 2.24) is 20.9 Å². The first-order chi connectivity index (χ1) is 19.3. The standard InChI is InChI=1S/C28H36N4O8/c1-32-13-14-40-22-9-5-4-8-19(22)26(35)31-20(16-25(34)30-21(17-33)28(32)37)27(36)29-12-6-7-18-10-11-23(38-2)24(15-18)39-3/h4-5,8-11,15,20-21,33H,6-7,12-14,16-17H2,1-3H3,(H,29,36)(H,30,34)(H,31,35)/t20-,21-/m0/s1. The lowest BCUT2D eigenvalue weighted by atomic mass is 10.1. The van der Waals surface area contributed by atoms with Crippen LogP contribution in [-0.2, 0) is 20.8 Å². The predicted octanol–water partition coefficient (Wildman–Crippen LogP) is 0.269. The molecule has 0 aliphatic carbocycles. The number of benzene rings is 2. The van der Waals surface area contributed by atoms with Gasteiger partial charge < -0.3 is 40.2 Å². The van der Waals surface area contributed by atoms with E-state index in [2.05, 4.69) is 16.0 Å². The van der Waals surface area contributed by atoms with Crippen LogP contribution in [0.15, 0.2) is 42.5 Å². The number of aliphatic hydroxyl groups is 1. The molecular weight excluding hydrogens is 520 g/mol. The predicted molar refractivity (Wildman–Crippen MR) is 145 cm³/mol. The van der Waals surface area contributed by atoms with Gasteiger partial charge in [0, 0.05) is 13.6 Å². The second kappa shape index (κ2) is 14.7. The lowest BCUT2D eigenvalue weighted by Crippen LogP contribution is -2.53. The van der Waals surface area contributed by atoms with Gasteiger partial charge in [0.05, 0.1) is 39.4 Å². The zero-order chi connectivity index (χ0) is 29.1. The van der Waals surface area contributed by atoms with Crippen LogP contribution in [0.5, 0.6) is 17.2 Å². The molecule has 0 radical (unpaired) electrons. The molecule has 1 aliphatic heterocycles. The number of ether oxygens (including phenoxy) is 3. The van der Waals surface area contributed by atoms with Crippen LogP contribution >= 0.6 is 0 Å². The topological polar surface area (TPSA) is 156 Å². The number of fused-ring (bicyclic) bond motifs is 1. The summed E-state index contributed by atoms with van der Waals surface area (Å²) in [6.07, 6.45) is 0.776. The molecule has 12 heteroatoms. The van der Waals surface area contributed by atoms with Gasteiger partial charge in [-0.15, -0.1) is 0 Å². The molecule has 0 aromatic heterocycles. The summed E-state index contributed by atoms with van der Waals surface area (Å²) in [6, 6.07) is 9.63. The first-order valence-electron chi connectivity index (χ1n) is 12.9. The Bertz CT molecular complexity index is 1200. The molecule has 0 fully saturated rings. The zero-order valence-electron chi connectivity index (χ0n) is 22.9. The summed E-state index contributed by atoms with van der Waals surface area (Å²) in [7, 11) is 4.63. The number of aliphatic hydroxyl groups excluding tert-OH is 1. The highest BCUT2D eigenvalue weighted by Crippen LogP contribution is 2.28. The molecule has 2 aromatic carbocycles. The third-order valence-electron chi connectivity index (χ3n) is 6.41. The molecule has 4 N–H and O–H groups in total. The average Bonchev–Trinajstić information content (AvgIpc) is 2.96. The quantitative estimate of drug-likeness (QED) is 0.338. The second-order valence-corrected chi connectivity index (χ2v) is 9.22. The smallest absolute Gasteiger partial charge is 0.255 e. The van der Waals surface area contributed by atoms with Gasteiger partial charge >= 0.3 is 0 Å². The Labute approximate surface area is 233 Å². The fourth-order valence-electron chi connectivity index (χ4n) is 4.18. The highest BCUT2D eigenvalue weighted by molar-refractivity contribution is 6.01. The minimum atomic E-state index is -1.24. The molecular formula is C28H36N4O8. The van der Waals surface area contributed by atoms with Crippen LogP contribution in [-0.4, -0.2) is 93.3 Å². The Morgan fingerprint density at radius 3 is 2.58 bits per heavy atom. The number of carbonyl (C=O) groups is 4. The molecule has 216 valence electrons. The molecule has 1 aliphatic rings. The van der Waals surface area contributed by atoms with E-state index < -0.39 is 48.7 Å². The molecule has 0 bridgehead atoms. The number of aryl methyl sites for hydroxylation is 1. The van der Waals surface area contributed by atoms with E-state index in [9.17, 15) is 24.3 Å². The van der Waals surface area contributed by atoms with Gasteiger partial charge in [0.2, 0.25) is 17.7 Å². The van der Waals surface area contributed by atoms with Crippen molar-refractivity contribution in [2.45, 2.75) is 31.3 Å².